The maximum Gasteiger partial charge on any atom is 0.338 e. The minimum atomic E-state index is -0.636. The van der Waals surface area contributed by atoms with E-state index in [-0.39, 0.29) is 29.8 Å². The van der Waals surface area contributed by atoms with E-state index in [1.54, 1.807) is 16.8 Å². The molecule has 0 saturated carbocycles. The number of imide groups is 1. The lowest BCUT2D eigenvalue weighted by Gasteiger charge is -2.11. The Hall–Kier alpha value is -3.82. The summed E-state index contributed by atoms with van der Waals surface area (Å²) in [5.74, 6) is -0.632. The number of carbonyl (C=O) groups excluding carboxylic acids is 3. The third kappa shape index (κ3) is 3.51. The van der Waals surface area contributed by atoms with Gasteiger partial charge in [-0.15, -0.1) is 5.10 Å². The Balaban J connectivity index is 1.48. The van der Waals surface area contributed by atoms with Crippen LogP contribution in [0.25, 0.3) is 0 Å². The van der Waals surface area contributed by atoms with Crippen LogP contribution in [0, 0.1) is 0 Å². The second-order valence-corrected chi connectivity index (χ2v) is 6.43. The molecule has 1 aliphatic rings. The summed E-state index contributed by atoms with van der Waals surface area (Å²) >= 11 is 0. The van der Waals surface area contributed by atoms with Crippen molar-refractivity contribution in [1.29, 1.82) is 0 Å². The molecule has 0 bridgehead atoms. The van der Waals surface area contributed by atoms with Crippen molar-refractivity contribution in [2.45, 2.75) is 33.0 Å². The Morgan fingerprint density at radius 3 is 2.76 bits per heavy atom. The fourth-order valence-electron chi connectivity index (χ4n) is 3.05. The second kappa shape index (κ2) is 7.66. The molecule has 1 aromatic carbocycles. The maximum atomic E-state index is 12.7. The number of ether oxygens (including phenoxy) is 1. The van der Waals surface area contributed by atoms with Crippen LogP contribution in [0.2, 0.25) is 0 Å². The van der Waals surface area contributed by atoms with Crippen LogP contribution in [0.1, 0.15) is 56.0 Å². The van der Waals surface area contributed by atoms with Crippen LogP contribution in [0.5, 0.6) is 0 Å². The van der Waals surface area contributed by atoms with E-state index in [4.69, 9.17) is 9.15 Å². The summed E-state index contributed by atoms with van der Waals surface area (Å²) in [5.41, 5.74) is 0.566. The Bertz CT molecular complexity index is 1070. The standard InChI is InChI=1S/C19H17N5O5/c1-2-7-24-16(20-21-22-24)11-29-19(27)12-5-6-14-15(9-12)18(26)23(17(14)25)10-13-4-3-8-28-13/h3-6,8-9H,2,7,10-11H2,1H3. The number of esters is 1. The third-order valence-corrected chi connectivity index (χ3v) is 4.47. The van der Waals surface area contributed by atoms with E-state index in [0.717, 1.165) is 11.3 Å². The number of nitrogens with zero attached hydrogens (tertiary/aromatic N) is 5. The van der Waals surface area contributed by atoms with Gasteiger partial charge in [0, 0.05) is 6.54 Å². The van der Waals surface area contributed by atoms with Gasteiger partial charge < -0.3 is 9.15 Å². The molecule has 29 heavy (non-hydrogen) atoms. The molecule has 0 radical (unpaired) electrons. The van der Waals surface area contributed by atoms with Crippen LogP contribution in [-0.2, 0) is 24.4 Å². The fraction of sp³-hybridized carbons (Fsp3) is 0.263. The molecule has 2 amide bonds. The smallest absolute Gasteiger partial charge is 0.338 e. The van der Waals surface area contributed by atoms with Crippen molar-refractivity contribution < 1.29 is 23.5 Å². The van der Waals surface area contributed by atoms with E-state index in [0.29, 0.717) is 18.1 Å². The van der Waals surface area contributed by atoms with E-state index in [1.807, 2.05) is 6.92 Å². The molecular weight excluding hydrogens is 378 g/mol. The Morgan fingerprint density at radius 1 is 1.17 bits per heavy atom. The van der Waals surface area contributed by atoms with Crippen LogP contribution in [0.3, 0.4) is 0 Å². The molecule has 0 fully saturated rings. The van der Waals surface area contributed by atoms with Crippen molar-refractivity contribution in [3.8, 4) is 0 Å². The zero-order valence-electron chi connectivity index (χ0n) is 15.6. The number of aromatic nitrogens is 4. The first-order valence-electron chi connectivity index (χ1n) is 9.03. The van der Waals surface area contributed by atoms with Gasteiger partial charge in [0.15, 0.2) is 12.4 Å². The highest BCUT2D eigenvalue weighted by molar-refractivity contribution is 6.21. The van der Waals surface area contributed by atoms with Crippen LogP contribution in [-0.4, -0.2) is 42.9 Å². The lowest BCUT2D eigenvalue weighted by Crippen LogP contribution is -2.28. The number of furan rings is 1. The lowest BCUT2D eigenvalue weighted by atomic mass is 10.1. The molecule has 1 aliphatic heterocycles. The van der Waals surface area contributed by atoms with E-state index >= 15 is 0 Å². The topological polar surface area (TPSA) is 120 Å². The molecule has 0 spiro atoms. The summed E-state index contributed by atoms with van der Waals surface area (Å²) < 4.78 is 12.0. The molecular formula is C19H17N5O5. The van der Waals surface area contributed by atoms with Crippen LogP contribution >= 0.6 is 0 Å². The zero-order chi connectivity index (χ0) is 20.4. The van der Waals surface area contributed by atoms with Gasteiger partial charge in [0.2, 0.25) is 0 Å². The number of carbonyl (C=O) groups is 3. The molecule has 0 saturated heterocycles. The van der Waals surface area contributed by atoms with Crippen LogP contribution in [0.4, 0.5) is 0 Å². The second-order valence-electron chi connectivity index (χ2n) is 6.43. The van der Waals surface area contributed by atoms with Gasteiger partial charge in [0.1, 0.15) is 5.76 Å². The maximum absolute atomic E-state index is 12.7. The van der Waals surface area contributed by atoms with Gasteiger partial charge in [-0.2, -0.15) is 0 Å². The van der Waals surface area contributed by atoms with Crippen molar-refractivity contribution in [1.82, 2.24) is 25.1 Å². The predicted octanol–water partition coefficient (Wildman–Crippen LogP) is 1.83. The Morgan fingerprint density at radius 2 is 2.00 bits per heavy atom. The van der Waals surface area contributed by atoms with Gasteiger partial charge in [0.05, 0.1) is 29.5 Å². The summed E-state index contributed by atoms with van der Waals surface area (Å²) in [6, 6.07) is 7.64. The third-order valence-electron chi connectivity index (χ3n) is 4.47. The number of rotatable bonds is 7. The number of hydrogen-bond acceptors (Lipinski definition) is 8. The number of fused-ring (bicyclic) bond motifs is 1. The molecule has 3 heterocycles. The number of hydrogen-bond donors (Lipinski definition) is 0. The first-order chi connectivity index (χ1) is 14.1. The average Bonchev–Trinajstić information content (AvgIpc) is 3.45. The van der Waals surface area contributed by atoms with Gasteiger partial charge in [0.25, 0.3) is 11.8 Å². The van der Waals surface area contributed by atoms with E-state index in [9.17, 15) is 14.4 Å². The number of aryl methyl sites for hydroxylation is 1. The van der Waals surface area contributed by atoms with Gasteiger partial charge in [-0.1, -0.05) is 6.92 Å². The minimum Gasteiger partial charge on any atom is -0.467 e. The Kier molecular flexibility index (Phi) is 4.90. The molecule has 0 unspecified atom stereocenters. The highest BCUT2D eigenvalue weighted by atomic mass is 16.5. The SMILES string of the molecule is CCCn1nnnc1COC(=O)c1ccc2c(c1)C(=O)N(Cc1ccco1)C2=O. The highest BCUT2D eigenvalue weighted by Gasteiger charge is 2.36. The molecule has 148 valence electrons. The largest absolute Gasteiger partial charge is 0.467 e. The van der Waals surface area contributed by atoms with E-state index in [1.165, 1.54) is 24.5 Å². The summed E-state index contributed by atoms with van der Waals surface area (Å²) in [6.07, 6.45) is 2.31. The summed E-state index contributed by atoms with van der Waals surface area (Å²) in [5, 5.41) is 11.2. The van der Waals surface area contributed by atoms with E-state index in [2.05, 4.69) is 15.5 Å². The Labute approximate surface area is 165 Å². The molecule has 3 aromatic rings. The van der Waals surface area contributed by atoms with Crippen molar-refractivity contribution >= 4 is 17.8 Å². The zero-order valence-corrected chi connectivity index (χ0v) is 15.6. The predicted molar refractivity (Wildman–Crippen MR) is 96.6 cm³/mol. The van der Waals surface area contributed by atoms with Gasteiger partial charge in [-0.3, -0.25) is 14.5 Å². The molecule has 10 heteroatoms. The monoisotopic (exact) mass is 395 g/mol. The molecule has 10 nitrogen and oxygen atoms in total. The first kappa shape index (κ1) is 18.5. The first-order valence-corrected chi connectivity index (χ1v) is 9.03. The normalized spacial score (nSPS) is 13.1. The molecule has 0 N–H and O–H groups in total. The van der Waals surface area contributed by atoms with Crippen molar-refractivity contribution in [2.75, 3.05) is 0 Å². The molecule has 2 aromatic heterocycles. The van der Waals surface area contributed by atoms with Crippen molar-refractivity contribution in [3.05, 3.63) is 64.9 Å². The summed E-state index contributed by atoms with van der Waals surface area (Å²) in [4.78, 5) is 38.7. The van der Waals surface area contributed by atoms with Crippen molar-refractivity contribution in [3.63, 3.8) is 0 Å². The number of tetrazole rings is 1. The van der Waals surface area contributed by atoms with Crippen LogP contribution < -0.4 is 0 Å². The summed E-state index contributed by atoms with van der Waals surface area (Å²) in [6.45, 7) is 2.52. The number of amides is 2. The van der Waals surface area contributed by atoms with Gasteiger partial charge in [-0.05, 0) is 47.2 Å². The molecule has 0 atom stereocenters. The van der Waals surface area contributed by atoms with E-state index < -0.39 is 17.8 Å². The summed E-state index contributed by atoms with van der Waals surface area (Å²) in [7, 11) is 0. The molecule has 0 aliphatic carbocycles. The van der Waals surface area contributed by atoms with Crippen LogP contribution in [0.15, 0.2) is 41.0 Å². The molecule has 4 rings (SSSR count). The lowest BCUT2D eigenvalue weighted by molar-refractivity contribution is 0.0456. The van der Waals surface area contributed by atoms with Gasteiger partial charge in [-0.25, -0.2) is 9.48 Å². The van der Waals surface area contributed by atoms with Crippen molar-refractivity contribution in [2.24, 2.45) is 0 Å². The van der Waals surface area contributed by atoms with Gasteiger partial charge >= 0.3 is 5.97 Å². The highest BCUT2D eigenvalue weighted by Crippen LogP contribution is 2.26. The minimum absolute atomic E-state index is 0.0270. The average molecular weight is 395 g/mol. The fourth-order valence-corrected chi connectivity index (χ4v) is 3.05. The quantitative estimate of drug-likeness (QED) is 0.439. The number of benzene rings is 1.